The molecule has 16 heteroatoms. The van der Waals surface area contributed by atoms with E-state index in [2.05, 4.69) is 0 Å². The average Bonchev–Trinajstić information content (AvgIpc) is 3.43. The van der Waals surface area contributed by atoms with Crippen LogP contribution in [-0.2, 0) is 37.0 Å². The summed E-state index contributed by atoms with van der Waals surface area (Å²) in [5.74, 6) is 0.210. The first kappa shape index (κ1) is 32.5. The van der Waals surface area contributed by atoms with Gasteiger partial charge in [-0.2, -0.15) is 25.3 Å². The Bertz CT molecular complexity index is 1960. The van der Waals surface area contributed by atoms with Gasteiger partial charge >= 0.3 is 30.4 Å². The van der Waals surface area contributed by atoms with E-state index in [1.807, 2.05) is 0 Å². The van der Waals surface area contributed by atoms with E-state index in [1.54, 1.807) is 18.2 Å². The molecule has 236 valence electrons. The highest BCUT2D eigenvalue weighted by atomic mass is 32.2. The van der Waals surface area contributed by atoms with Gasteiger partial charge in [0.15, 0.2) is 23.0 Å². The van der Waals surface area contributed by atoms with E-state index < -0.39 is 30.4 Å². The molecule has 0 saturated carbocycles. The molecule has 0 aliphatic heterocycles. The van der Waals surface area contributed by atoms with Crippen LogP contribution in [0.3, 0.4) is 0 Å². The van der Waals surface area contributed by atoms with Gasteiger partial charge in [0.25, 0.3) is 0 Å². The first-order valence-corrected chi connectivity index (χ1v) is 17.9. The minimum Gasteiger partial charge on any atom is -0.496 e. The third-order valence-corrected chi connectivity index (χ3v) is 7.14. The lowest BCUT2D eigenvalue weighted by Crippen LogP contribution is -2.10. The van der Waals surface area contributed by atoms with Crippen molar-refractivity contribution in [3.05, 3.63) is 72.7 Å². The molecule has 4 aromatic rings. The fourth-order valence-electron chi connectivity index (χ4n) is 4.12. The molecule has 0 spiro atoms. The molecule has 0 amide bonds. The Balaban J connectivity index is 1.92. The van der Waals surface area contributed by atoms with Crippen LogP contribution in [0.4, 0.5) is 0 Å². The molecule has 3 aromatic carbocycles. The molecule has 4 rings (SSSR count). The van der Waals surface area contributed by atoms with Gasteiger partial charge in [0.05, 0.1) is 44.8 Å². The summed E-state index contributed by atoms with van der Waals surface area (Å²) in [5.41, 5.74) is 1.11. The minimum absolute atomic E-state index is 0.0215. The SMILES string of the molecule is COc1cc(-c2ccc(OS(C)(=O)=O)cc2)c(OC)c(OS(C)(=O)=O)c1-c1ccc(OCc2ccco2)c(OS(C)(=O)=O)c1. The van der Waals surface area contributed by atoms with Crippen LogP contribution < -0.4 is 26.8 Å². The van der Waals surface area contributed by atoms with Crippen molar-refractivity contribution in [3.63, 3.8) is 0 Å². The highest BCUT2D eigenvalue weighted by Crippen LogP contribution is 2.51. The summed E-state index contributed by atoms with van der Waals surface area (Å²) in [6.45, 7) is -0.0330. The Labute approximate surface area is 255 Å². The highest BCUT2D eigenvalue weighted by Gasteiger charge is 2.27. The van der Waals surface area contributed by atoms with E-state index in [1.165, 1.54) is 62.9 Å². The highest BCUT2D eigenvalue weighted by molar-refractivity contribution is 7.86. The Morgan fingerprint density at radius 2 is 1.27 bits per heavy atom. The first-order chi connectivity index (χ1) is 20.6. The Morgan fingerprint density at radius 1 is 0.636 bits per heavy atom. The second-order valence-corrected chi connectivity index (χ2v) is 14.0. The number of hydrogen-bond acceptors (Lipinski definition) is 13. The molecule has 0 bridgehead atoms. The number of methoxy groups -OCH3 is 2. The maximum atomic E-state index is 12.5. The van der Waals surface area contributed by atoms with Crippen LogP contribution in [0, 0.1) is 0 Å². The van der Waals surface area contributed by atoms with Gasteiger partial charge in [-0.1, -0.05) is 18.2 Å². The first-order valence-electron chi connectivity index (χ1n) is 12.4. The summed E-state index contributed by atoms with van der Waals surface area (Å²) >= 11 is 0. The number of hydrogen-bond donors (Lipinski definition) is 0. The molecule has 0 unspecified atom stereocenters. The van der Waals surface area contributed by atoms with E-state index in [0.29, 0.717) is 16.9 Å². The fourth-order valence-corrected chi connectivity index (χ4v) is 5.50. The van der Waals surface area contributed by atoms with Gasteiger partial charge < -0.3 is 31.2 Å². The van der Waals surface area contributed by atoms with Gasteiger partial charge in [-0.15, -0.1) is 0 Å². The van der Waals surface area contributed by atoms with Crippen LogP contribution >= 0.6 is 0 Å². The zero-order chi connectivity index (χ0) is 32.3. The fraction of sp³-hybridized carbons (Fsp3) is 0.214. The normalized spacial score (nSPS) is 11.9. The molecule has 0 atom stereocenters. The molecule has 0 radical (unpaired) electrons. The zero-order valence-electron chi connectivity index (χ0n) is 24.1. The molecular formula is C28H28O13S3. The van der Waals surface area contributed by atoms with Gasteiger partial charge in [-0.25, -0.2) is 0 Å². The van der Waals surface area contributed by atoms with Gasteiger partial charge in [0.2, 0.25) is 0 Å². The van der Waals surface area contributed by atoms with E-state index in [-0.39, 0.29) is 52.2 Å². The van der Waals surface area contributed by atoms with Crippen molar-refractivity contribution in [1.29, 1.82) is 0 Å². The van der Waals surface area contributed by atoms with Crippen LogP contribution in [-0.4, -0.2) is 58.2 Å². The molecule has 0 aliphatic carbocycles. The van der Waals surface area contributed by atoms with Gasteiger partial charge in [-0.05, 0) is 53.6 Å². The number of rotatable bonds is 13. The monoisotopic (exact) mass is 668 g/mol. The molecule has 0 N–H and O–H groups in total. The number of furan rings is 1. The quantitative estimate of drug-likeness (QED) is 0.186. The van der Waals surface area contributed by atoms with E-state index in [4.69, 9.17) is 31.2 Å². The smallest absolute Gasteiger partial charge is 0.306 e. The predicted molar refractivity (Wildman–Crippen MR) is 160 cm³/mol. The minimum atomic E-state index is -4.16. The van der Waals surface area contributed by atoms with Crippen molar-refractivity contribution in [1.82, 2.24) is 0 Å². The van der Waals surface area contributed by atoms with Crippen molar-refractivity contribution >= 4 is 30.4 Å². The van der Waals surface area contributed by atoms with Gasteiger partial charge in [0, 0.05) is 5.56 Å². The standard InChI is InChI=1S/C28H28O13S3/c1-35-25-16-22(18-8-11-20(12-9-18)39-42(3,29)30)27(36-2)28(41-44(5,33)34)26(25)19-10-13-23(24(15-19)40-43(4,31)32)38-17-21-7-6-14-37-21/h6-16H,17H2,1-5H3. The topological polar surface area (TPSA) is 171 Å². The lowest BCUT2D eigenvalue weighted by molar-refractivity contribution is 0.263. The van der Waals surface area contributed by atoms with Crippen molar-refractivity contribution in [2.75, 3.05) is 33.0 Å². The van der Waals surface area contributed by atoms with Crippen molar-refractivity contribution in [3.8, 4) is 56.8 Å². The molecule has 1 aromatic heterocycles. The van der Waals surface area contributed by atoms with Crippen LogP contribution in [0.1, 0.15) is 5.76 Å². The lowest BCUT2D eigenvalue weighted by atomic mass is 9.96. The summed E-state index contributed by atoms with van der Waals surface area (Å²) < 4.78 is 110. The summed E-state index contributed by atoms with van der Waals surface area (Å²) in [5, 5.41) is 0. The van der Waals surface area contributed by atoms with Crippen LogP contribution in [0.25, 0.3) is 22.3 Å². The Kier molecular flexibility index (Phi) is 9.36. The molecule has 13 nitrogen and oxygen atoms in total. The van der Waals surface area contributed by atoms with Gasteiger partial charge in [-0.3, -0.25) is 0 Å². The summed E-state index contributed by atoms with van der Waals surface area (Å²) in [6.07, 6.45) is 4.07. The second kappa shape index (κ2) is 12.7. The lowest BCUT2D eigenvalue weighted by Gasteiger charge is -2.21. The average molecular weight is 669 g/mol. The third-order valence-electron chi connectivity index (χ3n) is 5.69. The van der Waals surface area contributed by atoms with Crippen molar-refractivity contribution < 1.29 is 56.4 Å². The van der Waals surface area contributed by atoms with Crippen molar-refractivity contribution in [2.45, 2.75) is 6.61 Å². The van der Waals surface area contributed by atoms with E-state index >= 15 is 0 Å². The Hall–Kier alpha value is -4.41. The molecular weight excluding hydrogens is 640 g/mol. The maximum Gasteiger partial charge on any atom is 0.306 e. The van der Waals surface area contributed by atoms with Crippen LogP contribution in [0.15, 0.2) is 71.3 Å². The summed E-state index contributed by atoms with van der Waals surface area (Å²) in [6, 6.07) is 15.0. The van der Waals surface area contributed by atoms with E-state index in [9.17, 15) is 25.3 Å². The number of benzene rings is 3. The number of ether oxygens (including phenoxy) is 3. The predicted octanol–water partition coefficient (Wildman–Crippen LogP) is 4.23. The summed E-state index contributed by atoms with van der Waals surface area (Å²) in [7, 11) is -9.31. The summed E-state index contributed by atoms with van der Waals surface area (Å²) in [4.78, 5) is 0. The van der Waals surface area contributed by atoms with Gasteiger partial charge in [0.1, 0.15) is 23.9 Å². The second-order valence-electron chi connectivity index (χ2n) is 9.28. The van der Waals surface area contributed by atoms with Crippen LogP contribution in [0.5, 0.6) is 34.5 Å². The Morgan fingerprint density at radius 3 is 1.82 bits per heavy atom. The molecule has 44 heavy (non-hydrogen) atoms. The largest absolute Gasteiger partial charge is 0.496 e. The maximum absolute atomic E-state index is 12.5. The van der Waals surface area contributed by atoms with E-state index in [0.717, 1.165) is 18.8 Å². The van der Waals surface area contributed by atoms with Crippen molar-refractivity contribution in [2.24, 2.45) is 0 Å². The van der Waals surface area contributed by atoms with Crippen LogP contribution in [0.2, 0.25) is 0 Å². The third kappa shape index (κ3) is 8.36. The zero-order valence-corrected chi connectivity index (χ0v) is 26.5. The molecule has 0 saturated heterocycles. The molecule has 0 fully saturated rings. The molecule has 1 heterocycles. The molecule has 0 aliphatic rings.